The van der Waals surface area contributed by atoms with Crippen molar-refractivity contribution in [3.05, 3.63) is 11.6 Å². The lowest BCUT2D eigenvalue weighted by Gasteiger charge is -2.60. The number of aliphatic hydroxyl groups is 2. The summed E-state index contributed by atoms with van der Waals surface area (Å²) in [4.78, 5) is 86.2. The summed E-state index contributed by atoms with van der Waals surface area (Å²) < 4.78 is 5.20. The fourth-order valence-corrected chi connectivity index (χ4v) is 9.29. The number of hydrogen-bond acceptors (Lipinski definition) is 10. The molecule has 0 heterocycles. The number of carbonyl (C=O) groups is 7. The molecule has 4 aliphatic carbocycles. The zero-order valence-corrected chi connectivity index (χ0v) is 28.8. The molecule has 0 aromatic rings. The third-order valence-corrected chi connectivity index (χ3v) is 12.0. The van der Waals surface area contributed by atoms with Gasteiger partial charge in [0.15, 0.2) is 12.4 Å². The minimum atomic E-state index is -1.82. The first kappa shape index (κ1) is 38.2. The molecule has 4 rings (SSSR count). The summed E-state index contributed by atoms with van der Waals surface area (Å²) in [6.45, 7) is 6.53. The van der Waals surface area contributed by atoms with Crippen molar-refractivity contribution in [1.29, 1.82) is 0 Å². The maximum Gasteiger partial charge on any atom is 0.326 e. The van der Waals surface area contributed by atoms with Crippen molar-refractivity contribution in [3.8, 4) is 0 Å². The summed E-state index contributed by atoms with van der Waals surface area (Å²) in [6, 6.07) is -2.53. The molecule has 14 heteroatoms. The lowest BCUT2D eigenvalue weighted by molar-refractivity contribution is -0.184. The minimum absolute atomic E-state index is 0.0368. The quantitative estimate of drug-likeness (QED) is 0.141. The van der Waals surface area contributed by atoms with E-state index in [0.29, 0.717) is 19.3 Å². The molecule has 4 aliphatic rings. The molecule has 9 atom stereocenters. The fraction of sp³-hybridized carbons (Fsp3) is 0.743. The Kier molecular flexibility index (Phi) is 11.4. The molecule has 0 aromatic heterocycles. The standard InChI is InChI=1S/C35H51N3O11/c1-18(2)30(31(45)37-23(32(46)47)7-8-26(36)42)38-27(43)9-10-28(44)49-17-25(41)35(48)14-12-22-21-6-5-19-15-20(39)11-13-33(19,3)29(21)24(40)16-34(22,35)4/h15,18,21-24,29-30,40,48H,5-14,16-17H2,1-4H3,(H2,36,42)(H,37,45)(H,38,43)(H,46,47)/t21-,22-,23+,24-,29+,30+,33-,34-,35-/m0/s1. The third kappa shape index (κ3) is 7.59. The van der Waals surface area contributed by atoms with Gasteiger partial charge in [0.25, 0.3) is 0 Å². The second-order valence-corrected chi connectivity index (χ2v) is 15.3. The van der Waals surface area contributed by atoms with E-state index in [1.807, 2.05) is 6.92 Å². The molecule has 7 N–H and O–H groups in total. The largest absolute Gasteiger partial charge is 0.480 e. The van der Waals surface area contributed by atoms with Crippen molar-refractivity contribution < 1.29 is 53.6 Å². The van der Waals surface area contributed by atoms with Gasteiger partial charge < -0.3 is 36.4 Å². The molecule has 14 nitrogen and oxygen atoms in total. The molecule has 0 radical (unpaired) electrons. The van der Waals surface area contributed by atoms with Crippen LogP contribution in [0.3, 0.4) is 0 Å². The Bertz CT molecular complexity index is 1410. The highest BCUT2D eigenvalue weighted by Crippen LogP contribution is 2.67. The number of primary amides is 1. The highest BCUT2D eigenvalue weighted by atomic mass is 16.5. The molecule has 0 aliphatic heterocycles. The van der Waals surface area contributed by atoms with E-state index in [0.717, 1.165) is 18.4 Å². The topological polar surface area (TPSA) is 239 Å². The van der Waals surface area contributed by atoms with Gasteiger partial charge in [0.1, 0.15) is 17.7 Å². The maximum absolute atomic E-state index is 13.5. The van der Waals surface area contributed by atoms with Crippen molar-refractivity contribution in [2.45, 2.75) is 122 Å². The lowest BCUT2D eigenvalue weighted by atomic mass is 9.45. The Labute approximate surface area is 286 Å². The SMILES string of the molecule is CC(C)[C@@H](NC(=O)CCC(=O)OCC(=O)[C@@]1(O)CC[C@H]2[C@@H]3CCC4=CC(=O)CC[C@]4(C)[C@H]3[C@@H](O)C[C@@]21C)C(=O)N[C@H](CCC(N)=O)C(=O)O. The molecule has 272 valence electrons. The van der Waals surface area contributed by atoms with Crippen molar-refractivity contribution in [2.24, 2.45) is 40.2 Å². The predicted octanol–water partition coefficient (Wildman–Crippen LogP) is 1.09. The molecule has 0 bridgehead atoms. The van der Waals surface area contributed by atoms with Crippen molar-refractivity contribution in [3.63, 3.8) is 0 Å². The average Bonchev–Trinajstić information content (AvgIpc) is 3.29. The Morgan fingerprint density at radius 1 is 1.02 bits per heavy atom. The van der Waals surface area contributed by atoms with Gasteiger partial charge in [0.05, 0.1) is 12.5 Å². The van der Waals surface area contributed by atoms with Gasteiger partial charge >= 0.3 is 11.9 Å². The van der Waals surface area contributed by atoms with Crippen LogP contribution in [0.15, 0.2) is 11.6 Å². The Hall–Kier alpha value is -3.65. The van der Waals surface area contributed by atoms with Gasteiger partial charge in [-0.05, 0) is 80.1 Å². The zero-order chi connectivity index (χ0) is 36.5. The smallest absolute Gasteiger partial charge is 0.326 e. The van der Waals surface area contributed by atoms with E-state index < -0.39 is 83.6 Å². The normalized spacial score (nSPS) is 33.2. The number of nitrogens with one attached hydrogen (secondary N) is 2. The summed E-state index contributed by atoms with van der Waals surface area (Å²) in [5.74, 6) is -5.46. The number of ketones is 2. The molecule has 0 unspecified atom stereocenters. The van der Waals surface area contributed by atoms with Crippen LogP contribution in [-0.4, -0.2) is 86.9 Å². The number of carbonyl (C=O) groups excluding carboxylic acids is 6. The second-order valence-electron chi connectivity index (χ2n) is 15.3. The number of carboxylic acids is 1. The number of aliphatic hydroxyl groups excluding tert-OH is 1. The number of carboxylic acid groups (broad SMARTS) is 1. The van der Waals surface area contributed by atoms with Crippen LogP contribution in [0.2, 0.25) is 0 Å². The van der Waals surface area contributed by atoms with Crippen LogP contribution in [0.1, 0.15) is 98.3 Å². The van der Waals surface area contributed by atoms with E-state index in [4.69, 9.17) is 10.5 Å². The number of fused-ring (bicyclic) bond motifs is 5. The molecule has 0 aromatic carbocycles. The van der Waals surface area contributed by atoms with E-state index in [-0.39, 0.29) is 61.1 Å². The Morgan fingerprint density at radius 3 is 2.35 bits per heavy atom. The van der Waals surface area contributed by atoms with E-state index in [2.05, 4.69) is 17.6 Å². The maximum atomic E-state index is 13.5. The molecule has 0 spiro atoms. The van der Waals surface area contributed by atoms with Crippen LogP contribution in [0.25, 0.3) is 0 Å². The van der Waals surface area contributed by atoms with Crippen LogP contribution in [0, 0.1) is 34.5 Å². The monoisotopic (exact) mass is 689 g/mol. The number of Topliss-reactive ketones (excluding diaryl/α,β-unsaturated/α-hetero) is 1. The summed E-state index contributed by atoms with van der Waals surface area (Å²) in [5.41, 5.74) is 3.10. The first-order valence-corrected chi connectivity index (χ1v) is 17.3. The first-order valence-electron chi connectivity index (χ1n) is 17.3. The highest BCUT2D eigenvalue weighted by Gasteiger charge is 2.68. The Morgan fingerprint density at radius 2 is 1.71 bits per heavy atom. The van der Waals surface area contributed by atoms with Gasteiger partial charge in [-0.15, -0.1) is 0 Å². The number of aliphatic carboxylic acids is 1. The van der Waals surface area contributed by atoms with E-state index in [1.165, 1.54) is 0 Å². The van der Waals surface area contributed by atoms with Crippen LogP contribution < -0.4 is 16.4 Å². The van der Waals surface area contributed by atoms with Crippen LogP contribution in [0.4, 0.5) is 0 Å². The number of allylic oxidation sites excluding steroid dienone is 1. The second kappa shape index (κ2) is 14.7. The van der Waals surface area contributed by atoms with Crippen LogP contribution >= 0.6 is 0 Å². The molecule has 49 heavy (non-hydrogen) atoms. The minimum Gasteiger partial charge on any atom is -0.480 e. The molecule has 0 saturated heterocycles. The van der Waals surface area contributed by atoms with Gasteiger partial charge in [0.2, 0.25) is 23.5 Å². The number of ether oxygens (including phenoxy) is 1. The van der Waals surface area contributed by atoms with Crippen molar-refractivity contribution in [2.75, 3.05) is 6.61 Å². The number of esters is 1. The fourth-order valence-electron chi connectivity index (χ4n) is 9.29. The molecular weight excluding hydrogens is 638 g/mol. The van der Waals surface area contributed by atoms with Gasteiger partial charge in [0, 0.05) is 24.7 Å². The summed E-state index contributed by atoms with van der Waals surface area (Å²) >= 11 is 0. The van der Waals surface area contributed by atoms with E-state index in [9.17, 15) is 48.9 Å². The Balaban J connectivity index is 1.31. The van der Waals surface area contributed by atoms with Crippen LogP contribution in [-0.2, 0) is 38.3 Å². The number of rotatable bonds is 14. The molecule has 3 fully saturated rings. The summed E-state index contributed by atoms with van der Waals surface area (Å²) in [7, 11) is 0. The molecule has 3 amide bonds. The van der Waals surface area contributed by atoms with Gasteiger partial charge in [-0.2, -0.15) is 0 Å². The summed E-state index contributed by atoms with van der Waals surface area (Å²) in [5, 5.41) is 37.6. The first-order chi connectivity index (χ1) is 22.8. The van der Waals surface area contributed by atoms with Gasteiger partial charge in [-0.3, -0.25) is 28.8 Å². The number of nitrogens with two attached hydrogens (primary N) is 1. The molecular formula is C35H51N3O11. The zero-order valence-electron chi connectivity index (χ0n) is 28.8. The third-order valence-electron chi connectivity index (χ3n) is 12.0. The van der Waals surface area contributed by atoms with E-state index in [1.54, 1.807) is 19.9 Å². The van der Waals surface area contributed by atoms with E-state index >= 15 is 0 Å². The van der Waals surface area contributed by atoms with Crippen molar-refractivity contribution >= 4 is 41.2 Å². The predicted molar refractivity (Wildman–Crippen MR) is 173 cm³/mol. The number of amides is 3. The average molecular weight is 690 g/mol. The molecule has 3 saturated carbocycles. The summed E-state index contributed by atoms with van der Waals surface area (Å²) in [6.07, 6.45) is 3.24. The lowest BCUT2D eigenvalue weighted by Crippen LogP contribution is -2.62. The number of hydrogen-bond donors (Lipinski definition) is 6. The van der Waals surface area contributed by atoms with Crippen molar-refractivity contribution in [1.82, 2.24) is 10.6 Å². The van der Waals surface area contributed by atoms with Gasteiger partial charge in [-0.25, -0.2) is 4.79 Å². The van der Waals surface area contributed by atoms with Crippen LogP contribution in [0.5, 0.6) is 0 Å². The van der Waals surface area contributed by atoms with Gasteiger partial charge in [-0.1, -0.05) is 33.3 Å². The highest BCUT2D eigenvalue weighted by molar-refractivity contribution is 5.93.